The molecule has 0 bridgehead atoms. The van der Waals surface area contributed by atoms with E-state index >= 15 is 0 Å². The molecule has 0 atom stereocenters. The maximum absolute atomic E-state index is 12.8. The normalized spacial score (nSPS) is 12.9. The lowest BCUT2D eigenvalue weighted by molar-refractivity contribution is -0.0505. The van der Waals surface area contributed by atoms with Gasteiger partial charge in [0.25, 0.3) is 0 Å². The number of ether oxygens (including phenoxy) is 4. The molecule has 0 saturated heterocycles. The van der Waals surface area contributed by atoms with Crippen LogP contribution in [0.15, 0.2) is 41.4 Å². The lowest BCUT2D eigenvalue weighted by Gasteiger charge is -2.15. The number of fused-ring (bicyclic) bond motifs is 1. The van der Waals surface area contributed by atoms with Gasteiger partial charge in [0, 0.05) is 38.4 Å². The van der Waals surface area contributed by atoms with Gasteiger partial charge in [0.1, 0.15) is 5.75 Å². The molecule has 0 aliphatic carbocycles. The lowest BCUT2D eigenvalue weighted by Crippen LogP contribution is -2.36. The molecule has 1 aliphatic heterocycles. The van der Waals surface area contributed by atoms with E-state index in [9.17, 15) is 8.78 Å². The van der Waals surface area contributed by atoms with Gasteiger partial charge in [-0.2, -0.15) is 8.78 Å². The van der Waals surface area contributed by atoms with Crippen molar-refractivity contribution in [3.63, 3.8) is 0 Å². The minimum absolute atomic E-state index is 0.0297. The highest BCUT2D eigenvalue weighted by Gasteiger charge is 2.20. The minimum Gasteiger partial charge on any atom is -0.454 e. The van der Waals surface area contributed by atoms with E-state index in [-0.39, 0.29) is 19.1 Å². The second-order valence-corrected chi connectivity index (χ2v) is 6.42. The predicted octanol–water partition coefficient (Wildman–Crippen LogP) is 3.42. The van der Waals surface area contributed by atoms with Crippen molar-refractivity contribution in [2.24, 2.45) is 4.99 Å². The molecule has 0 radical (unpaired) electrons. The fourth-order valence-corrected chi connectivity index (χ4v) is 2.87. The van der Waals surface area contributed by atoms with Crippen molar-refractivity contribution >= 4 is 5.96 Å². The number of hydrogen-bond acceptors (Lipinski definition) is 5. The summed E-state index contributed by atoms with van der Waals surface area (Å²) in [6.07, 6.45) is 0. The number of alkyl halides is 2. The Morgan fingerprint density at radius 1 is 1.07 bits per heavy atom. The first kappa shape index (κ1) is 21.6. The van der Waals surface area contributed by atoms with Crippen molar-refractivity contribution in [2.75, 3.05) is 20.4 Å². The minimum atomic E-state index is -2.94. The van der Waals surface area contributed by atoms with Gasteiger partial charge in [0.15, 0.2) is 17.5 Å². The molecular formula is C21H25F2N3O4. The number of aliphatic imine (C=N–C) groups is 1. The molecule has 9 heteroatoms. The average molecular weight is 421 g/mol. The Labute approximate surface area is 174 Å². The fourth-order valence-electron chi connectivity index (χ4n) is 2.87. The number of rotatable bonds is 9. The molecule has 2 aromatic rings. The zero-order valence-electron chi connectivity index (χ0n) is 16.9. The smallest absolute Gasteiger partial charge is 0.387 e. The Hall–Kier alpha value is -3.07. The topological polar surface area (TPSA) is 73.3 Å². The van der Waals surface area contributed by atoms with Crippen molar-refractivity contribution in [1.82, 2.24) is 10.6 Å². The lowest BCUT2D eigenvalue weighted by atomic mass is 10.1. The Morgan fingerprint density at radius 3 is 2.40 bits per heavy atom. The number of hydrogen-bond donors (Lipinski definition) is 2. The second kappa shape index (κ2) is 10.6. The Morgan fingerprint density at radius 2 is 1.73 bits per heavy atom. The Kier molecular flexibility index (Phi) is 7.67. The first-order chi connectivity index (χ1) is 14.6. The van der Waals surface area contributed by atoms with Gasteiger partial charge in [-0.25, -0.2) is 0 Å². The number of nitrogens with one attached hydrogen (secondary N) is 2. The molecule has 0 saturated carbocycles. The molecule has 1 heterocycles. The molecule has 0 fully saturated rings. The first-order valence-electron chi connectivity index (χ1n) is 9.56. The summed E-state index contributed by atoms with van der Waals surface area (Å²) >= 11 is 0. The van der Waals surface area contributed by atoms with E-state index in [4.69, 9.17) is 14.2 Å². The van der Waals surface area contributed by atoms with E-state index in [2.05, 4.69) is 20.4 Å². The molecular weight excluding hydrogens is 396 g/mol. The van der Waals surface area contributed by atoms with Crippen LogP contribution in [-0.4, -0.2) is 33.0 Å². The molecule has 0 spiro atoms. The van der Waals surface area contributed by atoms with E-state index < -0.39 is 6.61 Å². The van der Waals surface area contributed by atoms with Gasteiger partial charge in [-0.05, 0) is 24.1 Å². The molecule has 3 rings (SSSR count). The third-order valence-electron chi connectivity index (χ3n) is 4.40. The quantitative estimate of drug-likeness (QED) is 0.478. The summed E-state index contributed by atoms with van der Waals surface area (Å²) in [6, 6.07) is 11.1. The molecule has 0 aromatic heterocycles. The van der Waals surface area contributed by atoms with Gasteiger partial charge in [-0.3, -0.25) is 4.99 Å². The highest BCUT2D eigenvalue weighted by atomic mass is 19.3. The number of guanidine groups is 1. The van der Waals surface area contributed by atoms with Crippen LogP contribution in [0.1, 0.15) is 23.6 Å². The molecule has 2 aromatic carbocycles. The molecule has 0 unspecified atom stereocenters. The van der Waals surface area contributed by atoms with Crippen LogP contribution in [0.5, 0.6) is 17.2 Å². The van der Waals surface area contributed by atoms with Crippen LogP contribution in [0.2, 0.25) is 0 Å². The number of nitrogens with zero attached hydrogens (tertiary/aromatic N) is 1. The standard InChI is InChI=1S/C21H25F2N3O4/c1-3-27-12-15-6-4-14(5-7-15)10-25-21(24-2)26-11-16-8-18-19(29-13-28-18)9-17(16)30-20(22)23/h4-9,20H,3,10-13H2,1-2H3,(H2,24,25,26). The van der Waals surface area contributed by atoms with Gasteiger partial charge in [-0.1, -0.05) is 24.3 Å². The third-order valence-corrected chi connectivity index (χ3v) is 4.40. The monoisotopic (exact) mass is 421 g/mol. The van der Waals surface area contributed by atoms with Crippen molar-refractivity contribution in [3.8, 4) is 17.2 Å². The Balaban J connectivity index is 1.57. The van der Waals surface area contributed by atoms with Crippen molar-refractivity contribution in [2.45, 2.75) is 33.2 Å². The van der Waals surface area contributed by atoms with E-state index in [0.717, 1.165) is 11.1 Å². The van der Waals surface area contributed by atoms with Gasteiger partial charge in [0.05, 0.1) is 6.61 Å². The maximum Gasteiger partial charge on any atom is 0.387 e. The van der Waals surface area contributed by atoms with Crippen LogP contribution in [0, 0.1) is 0 Å². The molecule has 7 nitrogen and oxygen atoms in total. The summed E-state index contributed by atoms with van der Waals surface area (Å²) in [5.74, 6) is 1.42. The van der Waals surface area contributed by atoms with Crippen molar-refractivity contribution < 1.29 is 27.7 Å². The predicted molar refractivity (Wildman–Crippen MR) is 108 cm³/mol. The molecule has 1 aliphatic rings. The van der Waals surface area contributed by atoms with Gasteiger partial charge < -0.3 is 29.6 Å². The summed E-state index contributed by atoms with van der Waals surface area (Å²) in [7, 11) is 1.64. The average Bonchev–Trinajstić information content (AvgIpc) is 3.20. The zero-order valence-corrected chi connectivity index (χ0v) is 16.9. The summed E-state index contributed by atoms with van der Waals surface area (Å²) in [5, 5.41) is 6.29. The Bertz CT molecular complexity index is 860. The van der Waals surface area contributed by atoms with E-state index in [1.54, 1.807) is 13.1 Å². The van der Waals surface area contributed by atoms with Crippen molar-refractivity contribution in [1.29, 1.82) is 0 Å². The molecule has 30 heavy (non-hydrogen) atoms. The van der Waals surface area contributed by atoms with Gasteiger partial charge in [-0.15, -0.1) is 0 Å². The molecule has 162 valence electrons. The highest BCUT2D eigenvalue weighted by molar-refractivity contribution is 5.79. The first-order valence-corrected chi connectivity index (χ1v) is 9.56. The number of halogens is 2. The summed E-state index contributed by atoms with van der Waals surface area (Å²) in [4.78, 5) is 4.17. The second-order valence-electron chi connectivity index (χ2n) is 6.42. The largest absolute Gasteiger partial charge is 0.454 e. The van der Waals surface area contributed by atoms with Crippen LogP contribution in [-0.2, 0) is 24.4 Å². The van der Waals surface area contributed by atoms with E-state index in [0.29, 0.717) is 42.8 Å². The zero-order chi connectivity index (χ0) is 21.3. The van der Waals surface area contributed by atoms with Crippen LogP contribution < -0.4 is 24.8 Å². The van der Waals surface area contributed by atoms with Gasteiger partial charge >= 0.3 is 6.61 Å². The van der Waals surface area contributed by atoms with E-state index in [1.165, 1.54) is 6.07 Å². The fraction of sp³-hybridized carbons (Fsp3) is 0.381. The van der Waals surface area contributed by atoms with Gasteiger partial charge in [0.2, 0.25) is 6.79 Å². The van der Waals surface area contributed by atoms with E-state index in [1.807, 2.05) is 31.2 Å². The number of benzene rings is 2. The maximum atomic E-state index is 12.8. The highest BCUT2D eigenvalue weighted by Crippen LogP contribution is 2.38. The summed E-state index contributed by atoms with van der Waals surface area (Å²) in [6.45, 7) is 1.11. The summed E-state index contributed by atoms with van der Waals surface area (Å²) in [5.41, 5.74) is 2.68. The third kappa shape index (κ3) is 5.96. The van der Waals surface area contributed by atoms with Crippen LogP contribution >= 0.6 is 0 Å². The molecule has 0 amide bonds. The molecule has 2 N–H and O–H groups in total. The SMILES string of the molecule is CCOCc1ccc(CNC(=NC)NCc2cc3c(cc2OC(F)F)OCO3)cc1. The van der Waals surface area contributed by atoms with Crippen LogP contribution in [0.4, 0.5) is 8.78 Å². The van der Waals surface area contributed by atoms with Crippen LogP contribution in [0.3, 0.4) is 0 Å². The van der Waals surface area contributed by atoms with Crippen LogP contribution in [0.25, 0.3) is 0 Å². The summed E-state index contributed by atoms with van der Waals surface area (Å²) < 4.78 is 46.1. The van der Waals surface area contributed by atoms with Crippen molar-refractivity contribution in [3.05, 3.63) is 53.1 Å².